The van der Waals surface area contributed by atoms with Crippen LogP contribution in [-0.4, -0.2) is 32.9 Å². The van der Waals surface area contributed by atoms with Crippen LogP contribution in [0.3, 0.4) is 0 Å². The van der Waals surface area contributed by atoms with E-state index in [1.54, 1.807) is 30.1 Å². The van der Waals surface area contributed by atoms with E-state index in [0.717, 1.165) is 0 Å². The molecule has 2 aromatic rings. The maximum atomic E-state index is 11.9. The second kappa shape index (κ2) is 4.09. The van der Waals surface area contributed by atoms with Gasteiger partial charge in [0.2, 0.25) is 11.7 Å². The molecule has 0 bridgehead atoms. The molecule has 0 saturated carbocycles. The van der Waals surface area contributed by atoms with E-state index in [1.165, 1.54) is 13.3 Å². The van der Waals surface area contributed by atoms with E-state index in [2.05, 4.69) is 15.3 Å². The van der Waals surface area contributed by atoms with Crippen molar-refractivity contribution in [3.8, 4) is 5.88 Å². The molecule has 0 aliphatic rings. The topological polar surface area (TPSA) is 69.9 Å². The number of ketones is 1. The Labute approximate surface area is 91.9 Å². The van der Waals surface area contributed by atoms with Gasteiger partial charge >= 0.3 is 0 Å². The van der Waals surface area contributed by atoms with Crippen LogP contribution in [0.1, 0.15) is 16.1 Å². The van der Waals surface area contributed by atoms with Crippen LogP contribution in [0.15, 0.2) is 24.5 Å². The SMILES string of the molecule is COc1ccc(C(=O)c2cnn(C)c2)nn1. The van der Waals surface area contributed by atoms with E-state index in [9.17, 15) is 4.79 Å². The molecular weight excluding hydrogens is 208 g/mol. The van der Waals surface area contributed by atoms with Gasteiger partial charge < -0.3 is 4.74 Å². The number of ether oxygens (including phenoxy) is 1. The molecule has 82 valence electrons. The Balaban J connectivity index is 2.27. The highest BCUT2D eigenvalue weighted by Crippen LogP contribution is 2.08. The standard InChI is InChI=1S/C10H10N4O2/c1-14-6-7(5-11-14)10(15)8-3-4-9(16-2)13-12-8/h3-6H,1-2H3. The van der Waals surface area contributed by atoms with Crippen LogP contribution in [0.4, 0.5) is 0 Å². The summed E-state index contributed by atoms with van der Waals surface area (Å²) in [6.07, 6.45) is 3.13. The number of hydrogen-bond acceptors (Lipinski definition) is 5. The van der Waals surface area contributed by atoms with Gasteiger partial charge in [-0.05, 0) is 6.07 Å². The zero-order chi connectivity index (χ0) is 11.5. The second-order valence-corrected chi connectivity index (χ2v) is 3.19. The number of carbonyl (C=O) groups is 1. The first-order valence-corrected chi connectivity index (χ1v) is 4.62. The third-order valence-corrected chi connectivity index (χ3v) is 2.05. The number of carbonyl (C=O) groups excluding carboxylic acids is 1. The van der Waals surface area contributed by atoms with Crippen molar-refractivity contribution in [2.75, 3.05) is 7.11 Å². The summed E-state index contributed by atoms with van der Waals surface area (Å²) in [5.41, 5.74) is 0.760. The molecule has 6 nitrogen and oxygen atoms in total. The third-order valence-electron chi connectivity index (χ3n) is 2.05. The van der Waals surface area contributed by atoms with Crippen LogP contribution in [0.5, 0.6) is 5.88 Å². The Morgan fingerprint density at radius 1 is 1.38 bits per heavy atom. The first-order valence-electron chi connectivity index (χ1n) is 4.62. The van der Waals surface area contributed by atoms with Crippen molar-refractivity contribution in [1.29, 1.82) is 0 Å². The lowest BCUT2D eigenvalue weighted by Gasteiger charge is -1.98. The summed E-state index contributed by atoms with van der Waals surface area (Å²) in [6, 6.07) is 3.16. The molecule has 0 radical (unpaired) electrons. The molecule has 0 aromatic carbocycles. The number of methoxy groups -OCH3 is 1. The third kappa shape index (κ3) is 1.90. The minimum atomic E-state index is -0.205. The predicted molar refractivity (Wildman–Crippen MR) is 55.2 cm³/mol. The Morgan fingerprint density at radius 2 is 2.19 bits per heavy atom. The van der Waals surface area contributed by atoms with Crippen LogP contribution in [0.25, 0.3) is 0 Å². The van der Waals surface area contributed by atoms with Crippen molar-refractivity contribution in [1.82, 2.24) is 20.0 Å². The normalized spacial score (nSPS) is 10.1. The van der Waals surface area contributed by atoms with E-state index in [-0.39, 0.29) is 11.5 Å². The lowest BCUT2D eigenvalue weighted by molar-refractivity contribution is 0.103. The molecule has 0 aliphatic carbocycles. The fraction of sp³-hybridized carbons (Fsp3) is 0.200. The molecule has 0 N–H and O–H groups in total. The molecular formula is C10H10N4O2. The summed E-state index contributed by atoms with van der Waals surface area (Å²) in [5.74, 6) is 0.172. The van der Waals surface area contributed by atoms with E-state index < -0.39 is 0 Å². The molecule has 0 amide bonds. The van der Waals surface area contributed by atoms with Gasteiger partial charge in [0.05, 0.1) is 18.9 Å². The van der Waals surface area contributed by atoms with Crippen molar-refractivity contribution < 1.29 is 9.53 Å². The largest absolute Gasteiger partial charge is 0.480 e. The monoisotopic (exact) mass is 218 g/mol. The van der Waals surface area contributed by atoms with Gasteiger partial charge in [-0.15, -0.1) is 10.2 Å². The van der Waals surface area contributed by atoms with Gasteiger partial charge in [0.1, 0.15) is 5.69 Å². The average molecular weight is 218 g/mol. The minimum Gasteiger partial charge on any atom is -0.480 e. The molecule has 0 unspecified atom stereocenters. The van der Waals surface area contributed by atoms with Gasteiger partial charge in [-0.3, -0.25) is 9.48 Å². The quantitative estimate of drug-likeness (QED) is 0.699. The molecule has 2 heterocycles. The highest BCUT2D eigenvalue weighted by Gasteiger charge is 2.12. The van der Waals surface area contributed by atoms with Crippen molar-refractivity contribution >= 4 is 5.78 Å². The summed E-state index contributed by atoms with van der Waals surface area (Å²) in [4.78, 5) is 11.9. The summed E-state index contributed by atoms with van der Waals surface area (Å²) in [5, 5.41) is 11.4. The van der Waals surface area contributed by atoms with Crippen molar-refractivity contribution in [3.63, 3.8) is 0 Å². The highest BCUT2D eigenvalue weighted by atomic mass is 16.5. The first-order chi connectivity index (χ1) is 7.70. The number of aryl methyl sites for hydroxylation is 1. The first kappa shape index (κ1) is 10.3. The van der Waals surface area contributed by atoms with E-state index in [0.29, 0.717) is 11.4 Å². The summed E-state index contributed by atoms with van der Waals surface area (Å²) in [6.45, 7) is 0. The Hall–Kier alpha value is -2.24. The van der Waals surface area contributed by atoms with Gasteiger partial charge in [0, 0.05) is 19.3 Å². The molecule has 16 heavy (non-hydrogen) atoms. The lowest BCUT2D eigenvalue weighted by atomic mass is 10.2. The van der Waals surface area contributed by atoms with E-state index in [1.807, 2.05) is 0 Å². The van der Waals surface area contributed by atoms with E-state index in [4.69, 9.17) is 4.74 Å². The minimum absolute atomic E-state index is 0.205. The van der Waals surface area contributed by atoms with Crippen molar-refractivity contribution in [2.24, 2.45) is 7.05 Å². The molecule has 0 spiro atoms. The van der Waals surface area contributed by atoms with Crippen LogP contribution in [0.2, 0.25) is 0 Å². The van der Waals surface area contributed by atoms with Crippen LogP contribution < -0.4 is 4.74 Å². The summed E-state index contributed by atoms with van der Waals surface area (Å²) >= 11 is 0. The molecule has 0 fully saturated rings. The predicted octanol–water partition coefficient (Wildman–Crippen LogP) is 0.450. The Kier molecular flexibility index (Phi) is 2.63. The zero-order valence-electron chi connectivity index (χ0n) is 8.91. The van der Waals surface area contributed by atoms with Gasteiger partial charge in [-0.2, -0.15) is 5.10 Å². The molecule has 0 atom stereocenters. The lowest BCUT2D eigenvalue weighted by Crippen LogP contribution is -2.04. The molecule has 0 aliphatic heterocycles. The molecule has 2 aromatic heterocycles. The van der Waals surface area contributed by atoms with Gasteiger partial charge in [-0.25, -0.2) is 0 Å². The number of hydrogen-bond donors (Lipinski definition) is 0. The second-order valence-electron chi connectivity index (χ2n) is 3.19. The fourth-order valence-corrected chi connectivity index (χ4v) is 1.24. The van der Waals surface area contributed by atoms with Gasteiger partial charge in [0.25, 0.3) is 0 Å². The highest BCUT2D eigenvalue weighted by molar-refractivity contribution is 6.07. The maximum absolute atomic E-state index is 11.9. The van der Waals surface area contributed by atoms with Crippen molar-refractivity contribution in [2.45, 2.75) is 0 Å². The zero-order valence-corrected chi connectivity index (χ0v) is 8.91. The number of nitrogens with zero attached hydrogens (tertiary/aromatic N) is 4. The smallest absolute Gasteiger partial charge is 0.233 e. The summed E-state index contributed by atoms with van der Waals surface area (Å²) < 4.78 is 6.42. The summed E-state index contributed by atoms with van der Waals surface area (Å²) in [7, 11) is 3.24. The fourth-order valence-electron chi connectivity index (χ4n) is 1.24. The van der Waals surface area contributed by atoms with Gasteiger partial charge in [-0.1, -0.05) is 0 Å². The Bertz CT molecular complexity index is 504. The molecule has 2 rings (SSSR count). The average Bonchev–Trinajstić information content (AvgIpc) is 2.75. The number of rotatable bonds is 3. The van der Waals surface area contributed by atoms with Crippen LogP contribution in [-0.2, 0) is 7.05 Å². The van der Waals surface area contributed by atoms with Crippen molar-refractivity contribution in [3.05, 3.63) is 35.8 Å². The molecule has 6 heteroatoms. The maximum Gasteiger partial charge on any atom is 0.233 e. The van der Waals surface area contributed by atoms with Crippen LogP contribution >= 0.6 is 0 Å². The van der Waals surface area contributed by atoms with E-state index >= 15 is 0 Å². The van der Waals surface area contributed by atoms with Gasteiger partial charge in [0.15, 0.2) is 0 Å². The van der Waals surface area contributed by atoms with Crippen LogP contribution in [0, 0.1) is 0 Å². The Morgan fingerprint density at radius 3 is 2.69 bits per heavy atom. The number of aromatic nitrogens is 4. The molecule has 0 saturated heterocycles.